The quantitative estimate of drug-likeness (QED) is 0.0386. The lowest BCUT2D eigenvalue weighted by Crippen LogP contribution is -2.67. The Hall–Kier alpha value is -4.58. The van der Waals surface area contributed by atoms with Crippen molar-refractivity contribution in [3.63, 3.8) is 0 Å². The fourth-order valence-electron chi connectivity index (χ4n) is 19.6. The summed E-state index contributed by atoms with van der Waals surface area (Å²) in [5.41, 5.74) is 9.58. The third-order valence-corrected chi connectivity index (χ3v) is 25.7. The Morgan fingerprint density at radius 2 is 1.73 bits per heavy atom. The van der Waals surface area contributed by atoms with E-state index in [0.717, 1.165) is 30.4 Å². The van der Waals surface area contributed by atoms with E-state index in [1.807, 2.05) is 37.5 Å². The number of phenolic OH excluding ortho intramolecular Hbond substituents is 1. The molecule has 13 N–H and O–H groups in total. The number of benzene rings is 1. The predicted octanol–water partition coefficient (Wildman–Crippen LogP) is 5.88. The van der Waals surface area contributed by atoms with E-state index in [-0.39, 0.29) is 148 Å². The second-order valence-corrected chi connectivity index (χ2v) is 30.0. The number of nitrogens with one attached hydrogen (secondary N) is 2. The highest BCUT2D eigenvalue weighted by Gasteiger charge is 2.75. The monoisotopic (exact) mass is 1180 g/mol. The topological polar surface area (TPSA) is 294 Å². The number of cyclic esters (lactones) is 1. The highest BCUT2D eigenvalue weighted by Crippen LogP contribution is 2.73. The van der Waals surface area contributed by atoms with Gasteiger partial charge in [-0.15, -0.1) is 5.92 Å². The van der Waals surface area contributed by atoms with E-state index in [1.54, 1.807) is 29.9 Å². The average Bonchev–Trinajstić information content (AvgIpc) is 1.72. The number of aromatic amines is 1. The van der Waals surface area contributed by atoms with Crippen molar-refractivity contribution in [2.24, 2.45) is 110 Å². The molecule has 16 nitrogen and oxygen atoms in total. The molecule has 3 heterocycles. The SMILES string of the molecule is C[C@@H]1CCC2=C[C@H]3C=C[C@@H]4[C@@H]([C@@H]5COC(=O)[C@H]5c5cc[nH]c5)C#CC[C@@H]5C[C@@]6(O)C7=C8NCC(=O)C[C@@H](c9ccc(O)cc9)CSSC[C@@H]9[C@@H](O)[C@@H](O)C[C@@](C)([C@@H]9C8=O)[C@H]7CC[C@]6(CCN=C(N)N)[C@H]5[C@@](C)(O)[C@H](O)C[C@@H](CO)[C@H]3[C@@H]4[C@H]2C1. The molecule has 10 aliphatic rings. The smallest absolute Gasteiger partial charge is 0.313 e. The Morgan fingerprint density at radius 1 is 0.952 bits per heavy atom. The average molecular weight is 1180 g/mol. The number of esters is 1. The number of aliphatic hydroxyl groups is 6. The lowest BCUT2D eigenvalue weighted by atomic mass is 9.43. The number of nitrogens with two attached hydrogens (primary N) is 2. The number of carbonyl (C=O) groups is 3. The van der Waals surface area contributed by atoms with Gasteiger partial charge in [-0.25, -0.2) is 0 Å². The maximum atomic E-state index is 16.1. The van der Waals surface area contributed by atoms with Crippen LogP contribution in [-0.2, 0) is 19.1 Å². The van der Waals surface area contributed by atoms with Gasteiger partial charge in [-0.2, -0.15) is 0 Å². The van der Waals surface area contributed by atoms with Crippen molar-refractivity contribution < 1.29 is 54.9 Å². The van der Waals surface area contributed by atoms with Crippen molar-refractivity contribution in [2.75, 3.05) is 37.8 Å². The second-order valence-electron chi connectivity index (χ2n) is 27.4. The first-order valence-electron chi connectivity index (χ1n) is 30.6. The molecule has 6 fully saturated rings. The molecule has 8 aliphatic carbocycles. The second kappa shape index (κ2) is 22.6. The minimum Gasteiger partial charge on any atom is -0.508 e. The molecule has 83 heavy (non-hydrogen) atoms. The Kier molecular flexibility index (Phi) is 16.0. The number of H-pyrrole nitrogens is 1. The van der Waals surface area contributed by atoms with Crippen LogP contribution >= 0.6 is 21.6 Å². The van der Waals surface area contributed by atoms with Gasteiger partial charge in [-0.3, -0.25) is 19.4 Å². The van der Waals surface area contributed by atoms with Crippen LogP contribution in [0.25, 0.3) is 0 Å². The number of aromatic hydroxyl groups is 1. The van der Waals surface area contributed by atoms with Gasteiger partial charge in [-0.1, -0.05) is 77.3 Å². The van der Waals surface area contributed by atoms with Gasteiger partial charge >= 0.3 is 5.97 Å². The minimum absolute atomic E-state index is 0.00249. The van der Waals surface area contributed by atoms with E-state index in [0.29, 0.717) is 29.4 Å². The van der Waals surface area contributed by atoms with E-state index in [9.17, 15) is 45.3 Å². The molecule has 6 bridgehead atoms. The number of carbonyl (C=O) groups excluding carboxylic acids is 3. The van der Waals surface area contributed by atoms with E-state index >= 15 is 4.79 Å². The molecule has 448 valence electrons. The van der Waals surface area contributed by atoms with Gasteiger partial charge in [0.25, 0.3) is 0 Å². The van der Waals surface area contributed by atoms with Gasteiger partial charge in [0.15, 0.2) is 17.5 Å². The first kappa shape index (κ1) is 58.8. The fraction of sp³-hybridized carbons (Fsp3) is 0.662. The van der Waals surface area contributed by atoms with Crippen molar-refractivity contribution in [1.82, 2.24) is 10.3 Å². The third-order valence-electron chi connectivity index (χ3n) is 23.1. The summed E-state index contributed by atoms with van der Waals surface area (Å²) in [5, 5.41) is 91.2. The maximum absolute atomic E-state index is 16.1. The molecule has 2 aliphatic heterocycles. The number of nitrogens with zero attached hydrogens (tertiary/aromatic N) is 1. The molecule has 18 heteroatoms. The van der Waals surface area contributed by atoms with Gasteiger partial charge in [0.2, 0.25) is 0 Å². The number of guanidine groups is 1. The van der Waals surface area contributed by atoms with E-state index in [1.165, 1.54) is 16.4 Å². The molecule has 23 atom stereocenters. The summed E-state index contributed by atoms with van der Waals surface area (Å²) in [6, 6.07) is 8.74. The molecule has 12 rings (SSSR count). The number of phenols is 1. The number of rotatable bonds is 7. The first-order valence-corrected chi connectivity index (χ1v) is 33.1. The number of Topliss-reactive ketones (excluding diaryl/α,β-unsaturated/α-hetero) is 2. The van der Waals surface area contributed by atoms with Crippen LogP contribution in [0.3, 0.4) is 0 Å². The van der Waals surface area contributed by atoms with E-state index in [2.05, 4.69) is 52.3 Å². The van der Waals surface area contributed by atoms with E-state index < -0.39 is 87.7 Å². The summed E-state index contributed by atoms with van der Waals surface area (Å²) in [5.74, 6) is 2.16. The Balaban J connectivity index is 1.03. The van der Waals surface area contributed by atoms with Gasteiger partial charge in [-0.05, 0) is 158 Å². The number of allylic oxidation sites excluding steroid dienone is 5. The summed E-state index contributed by atoms with van der Waals surface area (Å²) in [4.78, 5) is 52.2. The number of hydrogen-bond acceptors (Lipinski definition) is 15. The summed E-state index contributed by atoms with van der Waals surface area (Å²) in [7, 11) is 3.05. The number of hydrogen-bond donors (Lipinski definition) is 11. The number of ketones is 2. The van der Waals surface area contributed by atoms with Crippen molar-refractivity contribution in [3.05, 3.63) is 88.9 Å². The molecule has 2 saturated heterocycles. The summed E-state index contributed by atoms with van der Waals surface area (Å²) >= 11 is 0. The standard InChI is InChI=1S/C65H85N5O11S2/c1-33-7-8-35-22-36-11-14-44-43(46-30-81-60(78)52(46)38-16-19-68-27-38)6-4-5-37-25-65(80)55-48(15-17-64(65,18-20-69-61(66)67)59(37)63(3,79)50(75)24-39(29-71)51(36)53(44)45(35)21-33)62(2)26-49(74)57(76)47-32-83-82-31-40(34-9-12-41(72)13-10-34)23-42(73)28-70-56(55)58(77)54(47)62/h9-14,16,19,22,27,33,36-37,39-40,43-54,57,59,68,70-72,74-76,79-80H,5,7-8,15,17-18,20-21,23-26,28-32H2,1-3H3,(H4,66,67,69)/t33-,36-,37-,39+,40-,43+,44-,45+,46+,47+,48+,49+,50-,51+,52+,53+,54+,57-,59-,62-,63+,64+,65-/m1/s1. The van der Waals surface area contributed by atoms with Crippen molar-refractivity contribution in [2.45, 2.75) is 133 Å². The summed E-state index contributed by atoms with van der Waals surface area (Å²) in [6.07, 6.45) is 11.0. The van der Waals surface area contributed by atoms with Crippen molar-refractivity contribution in [1.29, 1.82) is 0 Å². The van der Waals surface area contributed by atoms with Gasteiger partial charge in [0.05, 0.1) is 54.3 Å². The summed E-state index contributed by atoms with van der Waals surface area (Å²) < 4.78 is 6.02. The van der Waals surface area contributed by atoms with Crippen LogP contribution in [-0.4, -0.2) is 132 Å². The fourth-order valence-corrected chi connectivity index (χ4v) is 22.4. The molecule has 4 saturated carbocycles. The zero-order valence-corrected chi connectivity index (χ0v) is 49.6. The van der Waals surface area contributed by atoms with E-state index in [4.69, 9.17) is 16.2 Å². The van der Waals surface area contributed by atoms with Gasteiger partial charge in [0.1, 0.15) is 5.75 Å². The number of aliphatic imine (C=N–C) groups is 1. The molecule has 0 unspecified atom stereocenters. The van der Waals surface area contributed by atoms with Crippen LogP contribution in [0.5, 0.6) is 5.75 Å². The number of ether oxygens (including phenoxy) is 1. The van der Waals surface area contributed by atoms with Gasteiger partial charge in [0, 0.05) is 90.8 Å². The molecular formula is C65H85N5O11S2. The van der Waals surface area contributed by atoms with Crippen molar-refractivity contribution >= 4 is 45.1 Å². The van der Waals surface area contributed by atoms with Crippen LogP contribution in [0.1, 0.15) is 114 Å². The Labute approximate surface area is 495 Å². The highest BCUT2D eigenvalue weighted by molar-refractivity contribution is 8.76. The van der Waals surface area contributed by atoms with Crippen LogP contribution < -0.4 is 16.8 Å². The largest absolute Gasteiger partial charge is 0.508 e. The predicted molar refractivity (Wildman–Crippen MR) is 318 cm³/mol. The molecule has 1 aromatic heterocycles. The lowest BCUT2D eigenvalue weighted by Gasteiger charge is -2.63. The number of fused-ring (bicyclic) bond motifs is 8. The lowest BCUT2D eigenvalue weighted by molar-refractivity contribution is -0.194. The van der Waals surface area contributed by atoms with Crippen LogP contribution in [0.2, 0.25) is 0 Å². The molecular weight excluding hydrogens is 1090 g/mol. The van der Waals surface area contributed by atoms with Gasteiger partial charge < -0.3 is 62.3 Å². The molecule has 2 aromatic rings. The number of aromatic nitrogens is 1. The first-order chi connectivity index (χ1) is 39.7. The zero-order chi connectivity index (χ0) is 58.5. The van der Waals surface area contributed by atoms with Crippen LogP contribution in [0, 0.1) is 106 Å². The van der Waals surface area contributed by atoms with Crippen LogP contribution in [0.15, 0.2) is 82.8 Å². The summed E-state index contributed by atoms with van der Waals surface area (Å²) in [6.45, 7) is 5.68. The normalized spacial score (nSPS) is 45.0. The minimum atomic E-state index is -1.95. The molecule has 0 spiro atoms. The molecule has 1 aromatic carbocycles. The number of aliphatic hydroxyl groups excluding tert-OH is 4. The third kappa shape index (κ3) is 9.85. The maximum Gasteiger partial charge on any atom is 0.313 e. The molecule has 0 amide bonds. The zero-order valence-electron chi connectivity index (χ0n) is 47.9. The van der Waals surface area contributed by atoms with Crippen LogP contribution in [0.4, 0.5) is 0 Å². The highest BCUT2D eigenvalue weighted by atomic mass is 33.1. The molecule has 0 radical (unpaired) electrons. The Bertz CT molecular complexity index is 3010. The Morgan fingerprint density at radius 3 is 2.48 bits per heavy atom. The van der Waals surface area contributed by atoms with Crippen molar-refractivity contribution in [3.8, 4) is 17.6 Å².